The zero-order valence-corrected chi connectivity index (χ0v) is 10.6. The summed E-state index contributed by atoms with van der Waals surface area (Å²) in [4.78, 5) is 0. The lowest BCUT2D eigenvalue weighted by atomic mass is 10.2. The van der Waals surface area contributed by atoms with Gasteiger partial charge >= 0.3 is 0 Å². The van der Waals surface area contributed by atoms with Crippen LogP contribution in [0.5, 0.6) is 5.75 Å². The third-order valence-corrected chi connectivity index (χ3v) is 2.41. The normalized spacial score (nSPS) is 12.7. The van der Waals surface area contributed by atoms with Crippen molar-refractivity contribution in [1.29, 1.82) is 0 Å². The summed E-state index contributed by atoms with van der Waals surface area (Å²) in [6.45, 7) is 6.25. The SMILES string of the molecule is CCCCCNCC(C)Oc1cnn(C)c1. The topological polar surface area (TPSA) is 39.1 Å². The van der Waals surface area contributed by atoms with E-state index < -0.39 is 0 Å². The summed E-state index contributed by atoms with van der Waals surface area (Å²) in [6.07, 6.45) is 7.62. The van der Waals surface area contributed by atoms with E-state index in [-0.39, 0.29) is 6.10 Å². The van der Waals surface area contributed by atoms with Crippen LogP contribution in [0.25, 0.3) is 0 Å². The first-order valence-electron chi connectivity index (χ1n) is 6.08. The van der Waals surface area contributed by atoms with Gasteiger partial charge in [-0.15, -0.1) is 0 Å². The number of unbranched alkanes of at least 4 members (excludes halogenated alkanes) is 2. The van der Waals surface area contributed by atoms with E-state index in [0.717, 1.165) is 18.8 Å². The molecule has 0 aliphatic carbocycles. The van der Waals surface area contributed by atoms with Crippen LogP contribution in [0.4, 0.5) is 0 Å². The second kappa shape index (κ2) is 7.28. The molecule has 1 aromatic rings. The molecule has 16 heavy (non-hydrogen) atoms. The Bertz CT molecular complexity index is 286. The number of hydrogen-bond donors (Lipinski definition) is 1. The Balaban J connectivity index is 2.09. The van der Waals surface area contributed by atoms with Crippen LogP contribution in [0.1, 0.15) is 33.1 Å². The summed E-state index contributed by atoms with van der Waals surface area (Å²) >= 11 is 0. The Kier molecular flexibility index (Phi) is 5.93. The van der Waals surface area contributed by atoms with E-state index in [9.17, 15) is 0 Å². The molecule has 1 N–H and O–H groups in total. The average Bonchev–Trinajstić information content (AvgIpc) is 2.63. The summed E-state index contributed by atoms with van der Waals surface area (Å²) < 4.78 is 7.44. The number of ether oxygens (including phenoxy) is 1. The fourth-order valence-corrected chi connectivity index (χ4v) is 1.54. The first-order valence-corrected chi connectivity index (χ1v) is 6.08. The van der Waals surface area contributed by atoms with Gasteiger partial charge in [0.05, 0.1) is 12.4 Å². The lowest BCUT2D eigenvalue weighted by Gasteiger charge is -2.13. The van der Waals surface area contributed by atoms with Gasteiger partial charge in [-0.25, -0.2) is 0 Å². The molecule has 0 aliphatic heterocycles. The molecule has 1 atom stereocenters. The van der Waals surface area contributed by atoms with Crippen molar-refractivity contribution in [1.82, 2.24) is 15.1 Å². The predicted octanol–water partition coefficient (Wildman–Crippen LogP) is 1.97. The maximum absolute atomic E-state index is 5.70. The van der Waals surface area contributed by atoms with Crippen LogP contribution < -0.4 is 10.1 Å². The molecule has 4 nitrogen and oxygen atoms in total. The molecule has 1 unspecified atom stereocenters. The summed E-state index contributed by atoms with van der Waals surface area (Å²) in [5, 5.41) is 7.46. The smallest absolute Gasteiger partial charge is 0.157 e. The van der Waals surface area contributed by atoms with Crippen molar-refractivity contribution in [3.63, 3.8) is 0 Å². The standard InChI is InChI=1S/C12H23N3O/c1-4-5-6-7-13-8-11(2)16-12-9-14-15(3)10-12/h9-11,13H,4-8H2,1-3H3. The quantitative estimate of drug-likeness (QED) is 0.687. The van der Waals surface area contributed by atoms with Gasteiger partial charge in [0.2, 0.25) is 0 Å². The zero-order valence-electron chi connectivity index (χ0n) is 10.6. The van der Waals surface area contributed by atoms with Gasteiger partial charge in [-0.1, -0.05) is 19.8 Å². The molecule has 0 saturated carbocycles. The molecular weight excluding hydrogens is 202 g/mol. The van der Waals surface area contributed by atoms with Gasteiger partial charge in [-0.2, -0.15) is 5.10 Å². The van der Waals surface area contributed by atoms with Gasteiger partial charge in [0.25, 0.3) is 0 Å². The van der Waals surface area contributed by atoms with Crippen LogP contribution in [0.2, 0.25) is 0 Å². The Morgan fingerprint density at radius 3 is 2.94 bits per heavy atom. The van der Waals surface area contributed by atoms with Crippen molar-refractivity contribution in [2.24, 2.45) is 7.05 Å². The number of aryl methyl sites for hydroxylation is 1. The highest BCUT2D eigenvalue weighted by molar-refractivity contribution is 5.11. The van der Waals surface area contributed by atoms with Gasteiger partial charge in [0, 0.05) is 13.6 Å². The molecule has 92 valence electrons. The van der Waals surface area contributed by atoms with Gasteiger partial charge in [-0.3, -0.25) is 4.68 Å². The van der Waals surface area contributed by atoms with E-state index in [1.165, 1.54) is 19.3 Å². The summed E-state index contributed by atoms with van der Waals surface area (Å²) in [5.74, 6) is 0.838. The first kappa shape index (κ1) is 13.0. The van der Waals surface area contributed by atoms with E-state index in [2.05, 4.69) is 24.3 Å². The number of nitrogens with one attached hydrogen (secondary N) is 1. The summed E-state index contributed by atoms with van der Waals surface area (Å²) in [7, 11) is 1.89. The molecule has 0 saturated heterocycles. The zero-order chi connectivity index (χ0) is 11.8. The van der Waals surface area contributed by atoms with Gasteiger partial charge in [0.1, 0.15) is 6.10 Å². The Morgan fingerprint density at radius 2 is 2.31 bits per heavy atom. The Morgan fingerprint density at radius 1 is 1.50 bits per heavy atom. The van der Waals surface area contributed by atoms with Gasteiger partial charge < -0.3 is 10.1 Å². The van der Waals surface area contributed by atoms with Crippen LogP contribution in [-0.4, -0.2) is 29.0 Å². The minimum absolute atomic E-state index is 0.186. The summed E-state index contributed by atoms with van der Waals surface area (Å²) in [5.41, 5.74) is 0. The van der Waals surface area contributed by atoms with Crippen LogP contribution >= 0.6 is 0 Å². The predicted molar refractivity (Wildman–Crippen MR) is 65.7 cm³/mol. The Hall–Kier alpha value is -1.03. The van der Waals surface area contributed by atoms with Crippen molar-refractivity contribution in [3.05, 3.63) is 12.4 Å². The molecule has 4 heteroatoms. The lowest BCUT2D eigenvalue weighted by molar-refractivity contribution is 0.217. The fraction of sp³-hybridized carbons (Fsp3) is 0.750. The van der Waals surface area contributed by atoms with Crippen LogP contribution in [0.3, 0.4) is 0 Å². The van der Waals surface area contributed by atoms with Crippen molar-refractivity contribution in [3.8, 4) is 5.75 Å². The highest BCUT2D eigenvalue weighted by atomic mass is 16.5. The lowest BCUT2D eigenvalue weighted by Crippen LogP contribution is -2.29. The third-order valence-electron chi connectivity index (χ3n) is 2.41. The van der Waals surface area contributed by atoms with E-state index in [0.29, 0.717) is 0 Å². The van der Waals surface area contributed by atoms with Crippen molar-refractivity contribution < 1.29 is 4.74 Å². The molecule has 1 heterocycles. The van der Waals surface area contributed by atoms with Gasteiger partial charge in [-0.05, 0) is 19.9 Å². The van der Waals surface area contributed by atoms with Crippen LogP contribution in [0.15, 0.2) is 12.4 Å². The molecule has 0 bridgehead atoms. The largest absolute Gasteiger partial charge is 0.486 e. The average molecular weight is 225 g/mol. The molecule has 1 rings (SSSR count). The molecule has 0 aliphatic rings. The molecule has 0 amide bonds. The molecule has 1 aromatic heterocycles. The number of rotatable bonds is 8. The van der Waals surface area contributed by atoms with Crippen molar-refractivity contribution >= 4 is 0 Å². The monoisotopic (exact) mass is 225 g/mol. The maximum Gasteiger partial charge on any atom is 0.157 e. The Labute approximate surface area is 98.0 Å². The minimum Gasteiger partial charge on any atom is -0.486 e. The van der Waals surface area contributed by atoms with Gasteiger partial charge in [0.15, 0.2) is 5.75 Å². The van der Waals surface area contributed by atoms with E-state index in [1.54, 1.807) is 10.9 Å². The van der Waals surface area contributed by atoms with E-state index in [4.69, 9.17) is 4.74 Å². The van der Waals surface area contributed by atoms with E-state index >= 15 is 0 Å². The highest BCUT2D eigenvalue weighted by Gasteiger charge is 2.04. The number of hydrogen-bond acceptors (Lipinski definition) is 3. The fourth-order valence-electron chi connectivity index (χ4n) is 1.54. The summed E-state index contributed by atoms with van der Waals surface area (Å²) in [6, 6.07) is 0. The number of nitrogens with zero attached hydrogens (tertiary/aromatic N) is 2. The van der Waals surface area contributed by atoms with Crippen molar-refractivity contribution in [2.45, 2.75) is 39.2 Å². The minimum atomic E-state index is 0.186. The number of aromatic nitrogens is 2. The molecule has 0 radical (unpaired) electrons. The van der Waals surface area contributed by atoms with Crippen LogP contribution in [0, 0.1) is 0 Å². The second-order valence-electron chi connectivity index (χ2n) is 4.19. The molecular formula is C12H23N3O. The molecule has 0 spiro atoms. The third kappa shape index (κ3) is 5.16. The second-order valence-corrected chi connectivity index (χ2v) is 4.19. The highest BCUT2D eigenvalue weighted by Crippen LogP contribution is 2.09. The molecule has 0 aromatic carbocycles. The van der Waals surface area contributed by atoms with E-state index in [1.807, 2.05) is 13.2 Å². The van der Waals surface area contributed by atoms with Crippen molar-refractivity contribution in [2.75, 3.05) is 13.1 Å². The molecule has 0 fully saturated rings. The first-order chi connectivity index (χ1) is 7.72. The van der Waals surface area contributed by atoms with Crippen LogP contribution in [-0.2, 0) is 7.05 Å². The maximum atomic E-state index is 5.70.